The van der Waals surface area contributed by atoms with Gasteiger partial charge >= 0.3 is 35.8 Å². The molecule has 0 aromatic heterocycles. The smallest absolute Gasteiger partial charge is 0.342 e. The van der Waals surface area contributed by atoms with E-state index in [2.05, 4.69) is 40.7 Å². The molecule has 0 bridgehead atoms. The second-order valence-corrected chi connectivity index (χ2v) is 29.0. The van der Waals surface area contributed by atoms with Crippen molar-refractivity contribution in [3.8, 4) is 11.5 Å². The van der Waals surface area contributed by atoms with Crippen LogP contribution >= 0.6 is 23.2 Å². The van der Waals surface area contributed by atoms with Crippen molar-refractivity contribution in [3.05, 3.63) is 204 Å². The molecule has 14 nitrogen and oxygen atoms in total. The van der Waals surface area contributed by atoms with E-state index in [4.69, 9.17) is 61.1 Å². The lowest BCUT2D eigenvalue weighted by molar-refractivity contribution is -0.121. The highest BCUT2D eigenvalue weighted by molar-refractivity contribution is 6.33. The Kier molecular flexibility index (Phi) is 23.8. The third kappa shape index (κ3) is 16.6. The van der Waals surface area contributed by atoms with Crippen LogP contribution in [0, 0.1) is 58.2 Å². The fourth-order valence-electron chi connectivity index (χ4n) is 16.8. The summed E-state index contributed by atoms with van der Waals surface area (Å²) in [6.07, 6.45) is 19.2. The van der Waals surface area contributed by atoms with E-state index < -0.39 is 35.8 Å². The molecule has 0 heterocycles. The van der Waals surface area contributed by atoms with Gasteiger partial charge in [-0.15, -0.1) is 0 Å². The zero-order chi connectivity index (χ0) is 69.1. The number of methoxy groups -OCH3 is 4. The molecule has 0 amide bonds. The largest absolute Gasteiger partial charge is 0.486 e. The predicted molar refractivity (Wildman–Crippen MR) is 374 cm³/mol. The Morgan fingerprint density at radius 1 is 0.485 bits per heavy atom. The summed E-state index contributed by atoms with van der Waals surface area (Å²) in [5.41, 5.74) is 6.23. The van der Waals surface area contributed by atoms with Crippen molar-refractivity contribution >= 4 is 64.6 Å². The van der Waals surface area contributed by atoms with Gasteiger partial charge in [0.1, 0.15) is 37.6 Å². The van der Waals surface area contributed by atoms with Crippen molar-refractivity contribution in [3.63, 3.8) is 0 Å². The Morgan fingerprint density at radius 2 is 0.907 bits per heavy atom. The molecule has 0 aliphatic heterocycles. The fraction of sp³-hybridized carbons (Fsp3) is 0.457. The predicted octanol–water partition coefficient (Wildman–Crippen LogP) is 19.0. The van der Waals surface area contributed by atoms with Crippen LogP contribution < -0.4 is 9.47 Å². The molecule has 4 fully saturated rings. The summed E-state index contributed by atoms with van der Waals surface area (Å²) in [5, 5.41) is 0.168. The molecule has 4 aliphatic rings. The van der Waals surface area contributed by atoms with Gasteiger partial charge in [0.2, 0.25) is 0 Å². The quantitative estimate of drug-likeness (QED) is 0.0370. The average molecular weight is 1360 g/mol. The summed E-state index contributed by atoms with van der Waals surface area (Å²) in [4.78, 5) is 78.9. The number of allylic oxidation sites excluding steroid dienone is 1. The Labute approximate surface area is 581 Å². The second-order valence-electron chi connectivity index (χ2n) is 28.2. The van der Waals surface area contributed by atoms with E-state index >= 15 is 0 Å². The topological polar surface area (TPSA) is 176 Å². The van der Waals surface area contributed by atoms with Crippen LogP contribution in [-0.4, -0.2) is 64.3 Å². The van der Waals surface area contributed by atoms with Gasteiger partial charge in [-0.05, 0) is 241 Å². The first-order valence-electron chi connectivity index (χ1n) is 34.3. The minimum atomic E-state index is -0.761. The third-order valence-electron chi connectivity index (χ3n) is 22.1. The summed E-state index contributed by atoms with van der Waals surface area (Å²) in [6, 6.07) is 33.2. The van der Waals surface area contributed by atoms with Gasteiger partial charge < -0.3 is 37.9 Å². The van der Waals surface area contributed by atoms with Gasteiger partial charge in [0.25, 0.3) is 0 Å². The van der Waals surface area contributed by atoms with Crippen molar-refractivity contribution in [2.45, 2.75) is 151 Å². The molecule has 0 N–H and O–H groups in total. The molecule has 16 heteroatoms. The molecule has 9 atom stereocenters. The van der Waals surface area contributed by atoms with Crippen molar-refractivity contribution < 1.29 is 66.7 Å². The highest BCUT2D eigenvalue weighted by Crippen LogP contribution is 2.69. The molecule has 1 unspecified atom stereocenters. The number of halogens is 2. The van der Waals surface area contributed by atoms with Gasteiger partial charge in [-0.2, -0.15) is 0 Å². The van der Waals surface area contributed by atoms with E-state index in [1.54, 1.807) is 121 Å². The van der Waals surface area contributed by atoms with Gasteiger partial charge in [-0.1, -0.05) is 132 Å². The van der Waals surface area contributed by atoms with Crippen LogP contribution in [0.25, 0.3) is 5.57 Å². The number of hydrogen-bond donors (Lipinski definition) is 0. The van der Waals surface area contributed by atoms with Gasteiger partial charge in [-0.25, -0.2) is 28.8 Å². The van der Waals surface area contributed by atoms with E-state index in [1.807, 2.05) is 0 Å². The first-order chi connectivity index (χ1) is 46.6. The van der Waals surface area contributed by atoms with Crippen LogP contribution in [-0.2, 0) is 54.8 Å². The first kappa shape index (κ1) is 71.8. The number of benzene rings is 6. The van der Waals surface area contributed by atoms with Gasteiger partial charge in [0.15, 0.2) is 11.5 Å². The van der Waals surface area contributed by atoms with E-state index in [9.17, 15) is 28.8 Å². The van der Waals surface area contributed by atoms with Gasteiger partial charge in [0, 0.05) is 0 Å². The highest BCUT2D eigenvalue weighted by atomic mass is 35.5. The molecule has 514 valence electrons. The van der Waals surface area contributed by atoms with Crippen LogP contribution in [0.15, 0.2) is 127 Å². The number of carbonyl (C=O) groups is 6. The van der Waals surface area contributed by atoms with Crippen molar-refractivity contribution in [2.24, 2.45) is 58.2 Å². The Morgan fingerprint density at radius 3 is 1.34 bits per heavy atom. The SMILES string of the molecule is COC(=O)c1ccc(COC(=O)c2cc(C(=CCC[C@H]3CC[C@@]4(C)[C@@H](CC[C@@H]5[C@@H]4CC[C@]4(C)[C@@H](C(C)CCCC(C)C)CC[C@@H]54)C3)c3cc(Cl)c(OCc4ccc(C(=O)OC)cc4)c(C(=O)OCc4ccc(C(=O)OC)cc4)c3)cc(Cl)c2OCc2ccc(C(=O)OC)cc2)cc1. The molecule has 0 radical (unpaired) electrons. The maximum Gasteiger partial charge on any atom is 0.342 e. The summed E-state index contributed by atoms with van der Waals surface area (Å²) in [6.45, 7) is 12.1. The minimum Gasteiger partial charge on any atom is -0.486 e. The first-order valence-corrected chi connectivity index (χ1v) is 35.1. The van der Waals surface area contributed by atoms with E-state index in [0.717, 1.165) is 54.8 Å². The number of ether oxygens (including phenoxy) is 8. The van der Waals surface area contributed by atoms with Crippen molar-refractivity contribution in [2.75, 3.05) is 28.4 Å². The Balaban J connectivity index is 0.989. The fourth-order valence-corrected chi connectivity index (χ4v) is 17.3. The highest BCUT2D eigenvalue weighted by Gasteiger charge is 2.60. The lowest BCUT2D eigenvalue weighted by Crippen LogP contribution is -2.53. The van der Waals surface area contributed by atoms with Crippen LogP contribution in [0.4, 0.5) is 0 Å². The molecule has 6 aromatic carbocycles. The average Bonchev–Trinajstić information content (AvgIpc) is 1.69. The monoisotopic (exact) mass is 1360 g/mol. The minimum absolute atomic E-state index is 0.00218. The van der Waals surface area contributed by atoms with Gasteiger partial charge in [0.05, 0.1) is 60.7 Å². The lowest BCUT2D eigenvalue weighted by atomic mass is 9.44. The molecule has 0 saturated heterocycles. The summed E-state index contributed by atoms with van der Waals surface area (Å²) < 4.78 is 44.6. The molecule has 10 rings (SSSR count). The second kappa shape index (κ2) is 32.2. The van der Waals surface area contributed by atoms with E-state index in [0.29, 0.717) is 90.3 Å². The van der Waals surface area contributed by atoms with E-state index in [1.165, 1.54) is 92.6 Å². The summed E-state index contributed by atoms with van der Waals surface area (Å²) in [5.74, 6) is 2.37. The zero-order valence-electron chi connectivity index (χ0n) is 57.4. The number of carbonyl (C=O) groups excluding carboxylic acids is 6. The molecule has 4 aliphatic carbocycles. The molecular weight excluding hydrogens is 1270 g/mol. The molecule has 4 saturated carbocycles. The normalized spacial score (nSPS) is 21.9. The third-order valence-corrected chi connectivity index (χ3v) is 22.6. The van der Waals surface area contributed by atoms with Crippen LogP contribution in [0.5, 0.6) is 11.5 Å². The molecule has 6 aromatic rings. The summed E-state index contributed by atoms with van der Waals surface area (Å²) in [7, 11) is 5.22. The maximum absolute atomic E-state index is 14.8. The van der Waals surface area contributed by atoms with Crippen molar-refractivity contribution in [1.29, 1.82) is 0 Å². The van der Waals surface area contributed by atoms with Crippen LogP contribution in [0.1, 0.15) is 220 Å². The molecular formula is C81H92Cl2O14. The standard InChI is InChI=1S/C81H92Cl2O14/c1-49(2)12-10-13-50(3)67-34-35-68-64-33-32-62-40-51(36-38-80(62,4)69(64)37-39-81(67,68)5)14-11-15-63(60-41-65(78(88)96-47-54-20-28-58(29-21-54)76(86)92-8)72(70(82)43-60)94-45-52-16-24-56(25-17-52)74(84)90-6)61-42-66(79(89)97-48-55-22-30-59(31-23-55)77(87)93-9)73(71(83)44-61)95-46-53-18-26-57(27-19-53)75(85)91-7/h15-31,41-44,49-51,62,64,67-69H,10-14,32-40,45-48H2,1-9H3/t50?,51-,62-,64-,67+,68-,69-,80-,81+/m0/s1. The Bertz CT molecular complexity index is 3630. The number of hydrogen-bond acceptors (Lipinski definition) is 14. The lowest BCUT2D eigenvalue weighted by Gasteiger charge is -2.61. The number of fused-ring (bicyclic) bond motifs is 5. The molecule has 97 heavy (non-hydrogen) atoms. The van der Waals surface area contributed by atoms with Crippen LogP contribution in [0.2, 0.25) is 10.0 Å². The number of rotatable bonds is 26. The number of esters is 6. The van der Waals surface area contributed by atoms with Crippen molar-refractivity contribution in [1.82, 2.24) is 0 Å². The molecule has 0 spiro atoms. The van der Waals surface area contributed by atoms with E-state index in [-0.39, 0.29) is 59.1 Å². The van der Waals surface area contributed by atoms with Crippen LogP contribution in [0.3, 0.4) is 0 Å². The maximum atomic E-state index is 14.8. The van der Waals surface area contributed by atoms with Gasteiger partial charge in [-0.3, -0.25) is 0 Å². The summed E-state index contributed by atoms with van der Waals surface area (Å²) >= 11 is 14.8. The zero-order valence-corrected chi connectivity index (χ0v) is 59.0. The Hall–Kier alpha value is -7.94.